The highest BCUT2D eigenvalue weighted by Gasteiger charge is 2.32. The van der Waals surface area contributed by atoms with E-state index in [0.717, 1.165) is 25.4 Å². The number of carboxylic acids is 1. The standard InChI is InChI=1S/C14H20N4O3/c19-13(9-18-8-12(14(20)21)15-16-18)17-6-5-10-3-1-2-4-11(10)7-17/h8,10-11H,1-7,9H2,(H,20,21). The van der Waals surface area contributed by atoms with Crippen molar-refractivity contribution < 1.29 is 14.7 Å². The van der Waals surface area contributed by atoms with Crippen LogP contribution in [-0.2, 0) is 11.3 Å². The Hall–Kier alpha value is -1.92. The number of carbonyl (C=O) groups is 2. The Morgan fingerprint density at radius 3 is 2.71 bits per heavy atom. The molecular formula is C14H20N4O3. The van der Waals surface area contributed by atoms with Gasteiger partial charge >= 0.3 is 5.97 Å². The van der Waals surface area contributed by atoms with Crippen molar-refractivity contribution in [3.05, 3.63) is 11.9 Å². The first-order chi connectivity index (χ1) is 10.1. The van der Waals surface area contributed by atoms with Crippen LogP contribution in [-0.4, -0.2) is 50.0 Å². The van der Waals surface area contributed by atoms with E-state index in [2.05, 4.69) is 10.3 Å². The number of likely N-dealkylation sites (tertiary alicyclic amines) is 1. The van der Waals surface area contributed by atoms with Crippen molar-refractivity contribution in [1.82, 2.24) is 19.9 Å². The highest BCUT2D eigenvalue weighted by molar-refractivity contribution is 5.84. The summed E-state index contributed by atoms with van der Waals surface area (Å²) in [4.78, 5) is 25.0. The van der Waals surface area contributed by atoms with Crippen LogP contribution in [0.15, 0.2) is 6.20 Å². The first-order valence-electron chi connectivity index (χ1n) is 7.54. The number of aromatic carboxylic acids is 1. The number of carbonyl (C=O) groups excluding carboxylic acids is 1. The minimum absolute atomic E-state index is 0.000798. The Kier molecular flexibility index (Phi) is 3.90. The smallest absolute Gasteiger partial charge is 0.358 e. The predicted molar refractivity (Wildman–Crippen MR) is 73.6 cm³/mol. The molecule has 1 aromatic rings. The van der Waals surface area contributed by atoms with E-state index in [1.807, 2.05) is 4.90 Å². The number of fused-ring (bicyclic) bond motifs is 1. The third-order valence-electron chi connectivity index (χ3n) is 4.70. The molecular weight excluding hydrogens is 272 g/mol. The van der Waals surface area contributed by atoms with Crippen LogP contribution in [0.5, 0.6) is 0 Å². The number of hydrogen-bond donors (Lipinski definition) is 1. The average molecular weight is 292 g/mol. The van der Waals surface area contributed by atoms with Gasteiger partial charge in [0.1, 0.15) is 6.54 Å². The van der Waals surface area contributed by atoms with Crippen molar-refractivity contribution in [2.75, 3.05) is 13.1 Å². The number of hydrogen-bond acceptors (Lipinski definition) is 4. The fraction of sp³-hybridized carbons (Fsp3) is 0.714. The topological polar surface area (TPSA) is 88.3 Å². The van der Waals surface area contributed by atoms with Gasteiger partial charge in [-0.25, -0.2) is 9.48 Å². The maximum Gasteiger partial charge on any atom is 0.358 e. The molecule has 1 aromatic heterocycles. The minimum atomic E-state index is -1.13. The molecule has 1 amide bonds. The second kappa shape index (κ2) is 5.83. The lowest BCUT2D eigenvalue weighted by atomic mass is 9.75. The fourth-order valence-corrected chi connectivity index (χ4v) is 3.54. The molecule has 2 aliphatic rings. The first kappa shape index (κ1) is 14.0. The van der Waals surface area contributed by atoms with Gasteiger partial charge in [-0.15, -0.1) is 5.10 Å². The Bertz CT molecular complexity index is 542. The van der Waals surface area contributed by atoms with E-state index in [0.29, 0.717) is 5.92 Å². The van der Waals surface area contributed by atoms with E-state index < -0.39 is 5.97 Å². The number of amides is 1. The molecule has 2 unspecified atom stereocenters. The molecule has 1 saturated carbocycles. The highest BCUT2D eigenvalue weighted by atomic mass is 16.4. The summed E-state index contributed by atoms with van der Waals surface area (Å²) < 4.78 is 1.30. The summed E-state index contributed by atoms with van der Waals surface area (Å²) in [5, 5.41) is 16.0. The van der Waals surface area contributed by atoms with Gasteiger partial charge in [0.2, 0.25) is 5.91 Å². The van der Waals surface area contributed by atoms with Crippen LogP contribution in [0, 0.1) is 11.8 Å². The summed E-state index contributed by atoms with van der Waals surface area (Å²) in [6.45, 7) is 1.71. The number of piperidine rings is 1. The first-order valence-corrected chi connectivity index (χ1v) is 7.54. The summed E-state index contributed by atoms with van der Waals surface area (Å²) in [5.41, 5.74) is -0.131. The van der Waals surface area contributed by atoms with E-state index in [-0.39, 0.29) is 18.1 Å². The van der Waals surface area contributed by atoms with Crippen molar-refractivity contribution in [1.29, 1.82) is 0 Å². The molecule has 1 aliphatic heterocycles. The molecule has 114 valence electrons. The number of nitrogens with zero attached hydrogens (tertiary/aromatic N) is 4. The lowest BCUT2D eigenvalue weighted by molar-refractivity contribution is -0.135. The van der Waals surface area contributed by atoms with Crippen molar-refractivity contribution in [2.45, 2.75) is 38.6 Å². The molecule has 3 rings (SSSR count). The second-order valence-corrected chi connectivity index (χ2v) is 6.04. The van der Waals surface area contributed by atoms with E-state index >= 15 is 0 Å². The average Bonchev–Trinajstić information content (AvgIpc) is 2.95. The van der Waals surface area contributed by atoms with Gasteiger partial charge in [-0.1, -0.05) is 24.5 Å². The number of rotatable bonds is 3. The summed E-state index contributed by atoms with van der Waals surface area (Å²) in [5.74, 6) is 0.298. The monoisotopic (exact) mass is 292 g/mol. The van der Waals surface area contributed by atoms with Crippen molar-refractivity contribution in [3.63, 3.8) is 0 Å². The van der Waals surface area contributed by atoms with E-state index in [1.54, 1.807) is 0 Å². The fourth-order valence-electron chi connectivity index (χ4n) is 3.54. The number of aromatic nitrogens is 3. The molecule has 2 heterocycles. The van der Waals surface area contributed by atoms with Crippen LogP contribution < -0.4 is 0 Å². The van der Waals surface area contributed by atoms with Gasteiger partial charge in [0.15, 0.2) is 5.69 Å². The molecule has 7 nitrogen and oxygen atoms in total. The zero-order chi connectivity index (χ0) is 14.8. The van der Waals surface area contributed by atoms with E-state index in [1.165, 1.54) is 36.6 Å². The third-order valence-corrected chi connectivity index (χ3v) is 4.70. The van der Waals surface area contributed by atoms with Gasteiger partial charge in [0.05, 0.1) is 6.20 Å². The number of carboxylic acid groups (broad SMARTS) is 1. The van der Waals surface area contributed by atoms with Gasteiger partial charge in [-0.3, -0.25) is 4.79 Å². The van der Waals surface area contributed by atoms with E-state index in [9.17, 15) is 9.59 Å². The van der Waals surface area contributed by atoms with Crippen molar-refractivity contribution >= 4 is 11.9 Å². The van der Waals surface area contributed by atoms with Crippen LogP contribution in [0.1, 0.15) is 42.6 Å². The summed E-state index contributed by atoms with van der Waals surface area (Å²) in [7, 11) is 0. The van der Waals surface area contributed by atoms with Gasteiger partial charge in [0.25, 0.3) is 0 Å². The van der Waals surface area contributed by atoms with Crippen LogP contribution in [0.25, 0.3) is 0 Å². The van der Waals surface area contributed by atoms with Crippen molar-refractivity contribution in [3.8, 4) is 0 Å². The van der Waals surface area contributed by atoms with Gasteiger partial charge < -0.3 is 10.0 Å². The summed E-state index contributed by atoms with van der Waals surface area (Å²) in [6.07, 6.45) is 7.51. The zero-order valence-corrected chi connectivity index (χ0v) is 11.9. The molecule has 2 atom stereocenters. The lowest BCUT2D eigenvalue weighted by Crippen LogP contribution is -2.45. The second-order valence-electron chi connectivity index (χ2n) is 6.04. The molecule has 1 saturated heterocycles. The Morgan fingerprint density at radius 2 is 2.00 bits per heavy atom. The zero-order valence-electron chi connectivity index (χ0n) is 11.9. The molecule has 1 aliphatic carbocycles. The van der Waals surface area contributed by atoms with Gasteiger partial charge in [0, 0.05) is 13.1 Å². The Balaban J connectivity index is 1.58. The Labute approximate surface area is 122 Å². The van der Waals surface area contributed by atoms with Gasteiger partial charge in [-0.05, 0) is 24.7 Å². The maximum absolute atomic E-state index is 12.3. The quantitative estimate of drug-likeness (QED) is 0.898. The normalized spacial score (nSPS) is 25.4. The van der Waals surface area contributed by atoms with E-state index in [4.69, 9.17) is 5.11 Å². The lowest BCUT2D eigenvalue weighted by Gasteiger charge is -2.41. The van der Waals surface area contributed by atoms with Crippen LogP contribution in [0.3, 0.4) is 0 Å². The SMILES string of the molecule is O=C(O)c1cn(CC(=O)N2CCC3CCCCC3C2)nn1. The van der Waals surface area contributed by atoms with Gasteiger partial charge in [-0.2, -0.15) is 0 Å². The third kappa shape index (κ3) is 3.06. The van der Waals surface area contributed by atoms with Crippen LogP contribution in [0.4, 0.5) is 0 Å². The Morgan fingerprint density at radius 1 is 1.24 bits per heavy atom. The molecule has 2 fully saturated rings. The highest BCUT2D eigenvalue weighted by Crippen LogP contribution is 2.36. The maximum atomic E-state index is 12.3. The van der Waals surface area contributed by atoms with Crippen LogP contribution in [0.2, 0.25) is 0 Å². The summed E-state index contributed by atoms with van der Waals surface area (Å²) in [6, 6.07) is 0. The predicted octanol–water partition coefficient (Wildman–Crippen LogP) is 1.01. The molecule has 1 N–H and O–H groups in total. The molecule has 21 heavy (non-hydrogen) atoms. The summed E-state index contributed by atoms with van der Waals surface area (Å²) >= 11 is 0. The molecule has 0 bridgehead atoms. The minimum Gasteiger partial charge on any atom is -0.476 e. The largest absolute Gasteiger partial charge is 0.476 e. The van der Waals surface area contributed by atoms with Crippen LogP contribution >= 0.6 is 0 Å². The van der Waals surface area contributed by atoms with Crippen molar-refractivity contribution in [2.24, 2.45) is 11.8 Å². The molecule has 7 heteroatoms. The molecule has 0 radical (unpaired) electrons. The molecule has 0 aromatic carbocycles. The molecule has 0 spiro atoms.